The Labute approximate surface area is 200 Å². The maximum atomic E-state index is 13.6. The predicted octanol–water partition coefficient (Wildman–Crippen LogP) is 3.21. The van der Waals surface area contributed by atoms with Gasteiger partial charge in [0.1, 0.15) is 6.04 Å². The van der Waals surface area contributed by atoms with Gasteiger partial charge in [0.15, 0.2) is 0 Å². The topological polar surface area (TPSA) is 113 Å². The van der Waals surface area contributed by atoms with Gasteiger partial charge in [-0.3, -0.25) is 9.59 Å². The summed E-state index contributed by atoms with van der Waals surface area (Å²) in [6.45, 7) is 5.83. The van der Waals surface area contributed by atoms with Crippen molar-refractivity contribution in [3.63, 3.8) is 0 Å². The van der Waals surface area contributed by atoms with Gasteiger partial charge in [0.05, 0.1) is 17.6 Å². The summed E-state index contributed by atoms with van der Waals surface area (Å²) >= 11 is 0. The lowest BCUT2D eigenvalue weighted by Gasteiger charge is -2.40. The lowest BCUT2D eigenvalue weighted by molar-refractivity contribution is -0.145. The molecule has 0 spiro atoms. The first kappa shape index (κ1) is 24.0. The number of carboxylic acids is 1. The summed E-state index contributed by atoms with van der Waals surface area (Å²) in [5, 5.41) is 12.6. The Morgan fingerprint density at radius 1 is 1.09 bits per heavy atom. The molecule has 1 heterocycles. The number of carboxylic acid groups (broad SMARTS) is 1. The fraction of sp³-hybridized carbons (Fsp3) is 0.444. The van der Waals surface area contributed by atoms with Crippen molar-refractivity contribution in [1.29, 1.82) is 0 Å². The number of nitrogens with one attached hydrogen (secondary N) is 1. The number of fused-ring (bicyclic) bond motifs is 2. The summed E-state index contributed by atoms with van der Waals surface area (Å²) in [6.07, 6.45) is 3.16. The van der Waals surface area contributed by atoms with Crippen molar-refractivity contribution >= 4 is 17.8 Å². The molecule has 2 aliphatic rings. The van der Waals surface area contributed by atoms with E-state index in [-0.39, 0.29) is 30.0 Å². The van der Waals surface area contributed by atoms with E-state index < -0.39 is 23.5 Å². The van der Waals surface area contributed by atoms with Gasteiger partial charge in [0.25, 0.3) is 0 Å². The molecule has 4 N–H and O–H groups in total. The number of carbonyl (C=O) groups excluding carboxylic acids is 2. The van der Waals surface area contributed by atoms with Crippen LogP contribution >= 0.6 is 0 Å². The largest absolute Gasteiger partial charge is 0.478 e. The second kappa shape index (κ2) is 9.22. The van der Waals surface area contributed by atoms with Crippen molar-refractivity contribution in [1.82, 2.24) is 10.2 Å². The molecular weight excluding hydrogens is 430 g/mol. The van der Waals surface area contributed by atoms with Gasteiger partial charge in [-0.15, -0.1) is 0 Å². The Morgan fingerprint density at radius 2 is 1.82 bits per heavy atom. The van der Waals surface area contributed by atoms with E-state index in [2.05, 4.69) is 17.4 Å². The van der Waals surface area contributed by atoms with E-state index in [1.54, 1.807) is 18.2 Å². The van der Waals surface area contributed by atoms with Gasteiger partial charge >= 0.3 is 5.97 Å². The molecule has 0 fully saturated rings. The highest BCUT2D eigenvalue weighted by Crippen LogP contribution is 2.32. The molecule has 0 bridgehead atoms. The van der Waals surface area contributed by atoms with Gasteiger partial charge in [-0.05, 0) is 59.1 Å². The second-order valence-electron chi connectivity index (χ2n) is 10.5. The van der Waals surface area contributed by atoms with E-state index >= 15 is 0 Å². The second-order valence-corrected chi connectivity index (χ2v) is 10.5. The number of nitrogens with zero attached hydrogens (tertiary/aromatic N) is 1. The van der Waals surface area contributed by atoms with E-state index in [4.69, 9.17) is 5.73 Å². The van der Waals surface area contributed by atoms with Crippen molar-refractivity contribution in [3.8, 4) is 0 Å². The maximum absolute atomic E-state index is 13.6. The number of aromatic carboxylic acids is 1. The van der Waals surface area contributed by atoms with Crippen LogP contribution in [0.2, 0.25) is 0 Å². The van der Waals surface area contributed by atoms with E-state index in [1.807, 2.05) is 32.9 Å². The highest BCUT2D eigenvalue weighted by Gasteiger charge is 2.40. The number of benzene rings is 2. The number of aryl methyl sites for hydroxylation is 1. The van der Waals surface area contributed by atoms with E-state index in [1.165, 1.54) is 10.5 Å². The third-order valence-corrected chi connectivity index (χ3v) is 7.05. The van der Waals surface area contributed by atoms with Crippen molar-refractivity contribution in [2.45, 2.75) is 71.1 Å². The van der Waals surface area contributed by atoms with Gasteiger partial charge in [0.2, 0.25) is 11.8 Å². The molecule has 2 aromatic carbocycles. The fourth-order valence-electron chi connectivity index (χ4n) is 4.90. The van der Waals surface area contributed by atoms with Gasteiger partial charge in [-0.2, -0.15) is 0 Å². The molecule has 0 radical (unpaired) electrons. The molecule has 2 amide bonds. The van der Waals surface area contributed by atoms with Crippen LogP contribution in [-0.2, 0) is 29.0 Å². The van der Waals surface area contributed by atoms with Crippen LogP contribution < -0.4 is 11.1 Å². The number of amides is 2. The Balaban J connectivity index is 1.65. The third-order valence-electron chi connectivity index (χ3n) is 7.05. The number of hydrogen-bond donors (Lipinski definition) is 3. The van der Waals surface area contributed by atoms with Gasteiger partial charge in [-0.25, -0.2) is 4.79 Å². The van der Waals surface area contributed by atoms with Gasteiger partial charge in [0, 0.05) is 13.0 Å². The fourth-order valence-corrected chi connectivity index (χ4v) is 4.90. The van der Waals surface area contributed by atoms with Crippen LogP contribution in [0.5, 0.6) is 0 Å². The lowest BCUT2D eigenvalue weighted by atomic mass is 9.84. The average Bonchev–Trinajstić information content (AvgIpc) is 2.81. The zero-order valence-electron chi connectivity index (χ0n) is 20.0. The quantitative estimate of drug-likeness (QED) is 0.645. The molecule has 34 heavy (non-hydrogen) atoms. The van der Waals surface area contributed by atoms with Crippen LogP contribution in [0, 0.1) is 5.41 Å². The standard InChI is InChI=1S/C27H33N3O4/c1-27(2,3)23(28)25(32)30-15-19-13-18(26(33)34)12-11-17(19)14-22(30)24(31)29-21-10-6-8-16-7-4-5-9-20(16)21/h4-5,7,9,11-13,21-23H,6,8,10,14-15,28H2,1-3H3,(H,29,31)(H,33,34)/t21-,22?,23?/m1/s1. The first-order chi connectivity index (χ1) is 16.1. The van der Waals surface area contributed by atoms with E-state index in [9.17, 15) is 19.5 Å². The third kappa shape index (κ3) is 4.71. The molecule has 0 aromatic heterocycles. The van der Waals surface area contributed by atoms with Gasteiger partial charge < -0.3 is 21.1 Å². The minimum atomic E-state index is -1.03. The molecule has 180 valence electrons. The molecular formula is C27H33N3O4. The Hall–Kier alpha value is -3.19. The molecule has 7 nitrogen and oxygen atoms in total. The molecule has 0 saturated heterocycles. The average molecular weight is 464 g/mol. The molecule has 1 aliphatic carbocycles. The zero-order valence-corrected chi connectivity index (χ0v) is 20.0. The Morgan fingerprint density at radius 3 is 2.53 bits per heavy atom. The van der Waals surface area contributed by atoms with E-state index in [0.29, 0.717) is 6.42 Å². The number of hydrogen-bond acceptors (Lipinski definition) is 4. The normalized spacial score (nSPS) is 20.6. The van der Waals surface area contributed by atoms with E-state index in [0.717, 1.165) is 36.0 Å². The molecule has 1 aliphatic heterocycles. The lowest BCUT2D eigenvalue weighted by Crippen LogP contribution is -2.59. The smallest absolute Gasteiger partial charge is 0.335 e. The van der Waals surface area contributed by atoms with Crippen LogP contribution in [0.15, 0.2) is 42.5 Å². The number of nitrogens with two attached hydrogens (primary N) is 1. The Kier molecular flexibility index (Phi) is 6.49. The molecule has 2 aromatic rings. The van der Waals surface area contributed by atoms with Crippen molar-refractivity contribution in [2.24, 2.45) is 11.1 Å². The predicted molar refractivity (Wildman–Crippen MR) is 129 cm³/mol. The van der Waals surface area contributed by atoms with Crippen molar-refractivity contribution in [3.05, 3.63) is 70.3 Å². The molecule has 3 atom stereocenters. The van der Waals surface area contributed by atoms with Crippen molar-refractivity contribution < 1.29 is 19.5 Å². The van der Waals surface area contributed by atoms with Crippen LogP contribution in [-0.4, -0.2) is 39.9 Å². The summed E-state index contributed by atoms with van der Waals surface area (Å²) in [6, 6.07) is 11.4. The van der Waals surface area contributed by atoms with Crippen LogP contribution in [0.4, 0.5) is 0 Å². The van der Waals surface area contributed by atoms with Crippen LogP contribution in [0.1, 0.15) is 72.3 Å². The summed E-state index contributed by atoms with van der Waals surface area (Å²) in [4.78, 5) is 40.1. The summed E-state index contributed by atoms with van der Waals surface area (Å²) in [5.74, 6) is -1.53. The number of rotatable bonds is 4. The summed E-state index contributed by atoms with van der Waals surface area (Å²) in [5.41, 5.74) is 9.99. The SMILES string of the molecule is CC(C)(C)C(N)C(=O)N1Cc2cc(C(=O)O)ccc2CC1C(=O)N[C@@H]1CCCc2ccccc21. The summed E-state index contributed by atoms with van der Waals surface area (Å²) in [7, 11) is 0. The maximum Gasteiger partial charge on any atom is 0.335 e. The Bertz CT molecular complexity index is 1120. The minimum Gasteiger partial charge on any atom is -0.478 e. The molecule has 7 heteroatoms. The first-order valence-corrected chi connectivity index (χ1v) is 11.9. The molecule has 2 unspecified atom stereocenters. The monoisotopic (exact) mass is 463 g/mol. The zero-order chi connectivity index (χ0) is 24.6. The highest BCUT2D eigenvalue weighted by atomic mass is 16.4. The minimum absolute atomic E-state index is 0.0959. The molecule has 4 rings (SSSR count). The first-order valence-electron chi connectivity index (χ1n) is 11.9. The van der Waals surface area contributed by atoms with Crippen LogP contribution in [0.25, 0.3) is 0 Å². The van der Waals surface area contributed by atoms with Crippen LogP contribution in [0.3, 0.4) is 0 Å². The summed E-state index contributed by atoms with van der Waals surface area (Å²) < 4.78 is 0. The number of carbonyl (C=O) groups is 3. The van der Waals surface area contributed by atoms with Gasteiger partial charge in [-0.1, -0.05) is 51.1 Å². The van der Waals surface area contributed by atoms with Crippen molar-refractivity contribution in [2.75, 3.05) is 0 Å². The highest BCUT2D eigenvalue weighted by molar-refractivity contribution is 5.92. The molecule has 0 saturated carbocycles.